The number of aryl methyl sites for hydroxylation is 1. The number of thiophene rings is 1. The first-order chi connectivity index (χ1) is 12.3. The van der Waals surface area contributed by atoms with Crippen LogP contribution in [0.15, 0.2) is 36.4 Å². The van der Waals surface area contributed by atoms with Crippen LogP contribution < -0.4 is 0 Å². The highest BCUT2D eigenvalue weighted by molar-refractivity contribution is 7.88. The van der Waals surface area contributed by atoms with E-state index in [4.69, 9.17) is 11.6 Å². The summed E-state index contributed by atoms with van der Waals surface area (Å²) in [4.78, 5) is 13.1. The van der Waals surface area contributed by atoms with Crippen molar-refractivity contribution in [1.29, 1.82) is 0 Å². The van der Waals surface area contributed by atoms with E-state index >= 15 is 0 Å². The van der Waals surface area contributed by atoms with Crippen LogP contribution in [0.2, 0.25) is 5.02 Å². The molecule has 0 unspecified atom stereocenters. The van der Waals surface area contributed by atoms with Crippen molar-refractivity contribution < 1.29 is 17.9 Å². The number of halogens is 1. The molecule has 142 valence electrons. The first kappa shape index (κ1) is 20.9. The van der Waals surface area contributed by atoms with Crippen molar-refractivity contribution in [2.75, 3.05) is 19.9 Å². The van der Waals surface area contributed by atoms with Crippen LogP contribution in [0.1, 0.15) is 21.7 Å². The zero-order valence-electron chi connectivity index (χ0n) is 14.8. The van der Waals surface area contributed by atoms with Crippen LogP contribution in [0, 0.1) is 0 Å². The molecule has 0 saturated carbocycles. The number of rotatable bonds is 9. The molecule has 0 N–H and O–H groups in total. The Balaban J connectivity index is 1.96. The van der Waals surface area contributed by atoms with Crippen molar-refractivity contribution in [3.8, 4) is 0 Å². The fraction of sp³-hybridized carbons (Fsp3) is 0.389. The summed E-state index contributed by atoms with van der Waals surface area (Å²) in [5.74, 6) is -0.306. The monoisotopic (exact) mass is 415 g/mol. The lowest BCUT2D eigenvalue weighted by Crippen LogP contribution is -2.30. The number of hydrogen-bond acceptors (Lipinski definition) is 5. The van der Waals surface area contributed by atoms with Gasteiger partial charge in [0, 0.05) is 27.9 Å². The van der Waals surface area contributed by atoms with Gasteiger partial charge in [-0.05, 0) is 42.7 Å². The van der Waals surface area contributed by atoms with Crippen LogP contribution >= 0.6 is 22.9 Å². The normalized spacial score (nSPS) is 11.7. The predicted octanol–water partition coefficient (Wildman–Crippen LogP) is 3.51. The highest BCUT2D eigenvalue weighted by Crippen LogP contribution is 2.21. The smallest absolute Gasteiger partial charge is 0.310 e. The van der Waals surface area contributed by atoms with Gasteiger partial charge in [-0.15, -0.1) is 11.3 Å². The van der Waals surface area contributed by atoms with E-state index < -0.39 is 10.0 Å². The van der Waals surface area contributed by atoms with Crippen molar-refractivity contribution >= 4 is 38.9 Å². The van der Waals surface area contributed by atoms with E-state index in [1.54, 1.807) is 0 Å². The summed E-state index contributed by atoms with van der Waals surface area (Å²) in [6.07, 6.45) is 2.88. The molecule has 2 aromatic rings. The number of methoxy groups -OCH3 is 1. The predicted molar refractivity (Wildman–Crippen MR) is 105 cm³/mol. The maximum atomic E-state index is 12.1. The van der Waals surface area contributed by atoms with E-state index in [2.05, 4.69) is 4.74 Å². The van der Waals surface area contributed by atoms with Crippen LogP contribution in [-0.2, 0) is 38.9 Å². The molecule has 0 spiro atoms. The molecule has 8 heteroatoms. The summed E-state index contributed by atoms with van der Waals surface area (Å²) in [6, 6.07) is 11.3. The van der Waals surface area contributed by atoms with Gasteiger partial charge in [-0.3, -0.25) is 4.79 Å². The Bertz CT molecular complexity index is 848. The summed E-state index contributed by atoms with van der Waals surface area (Å²) in [5, 5.41) is 0.680. The minimum absolute atomic E-state index is 0.203. The molecule has 0 aliphatic carbocycles. The first-order valence-electron chi connectivity index (χ1n) is 8.12. The Morgan fingerprint density at radius 1 is 1.23 bits per heavy atom. The molecule has 1 aromatic carbocycles. The second kappa shape index (κ2) is 9.50. The maximum Gasteiger partial charge on any atom is 0.310 e. The van der Waals surface area contributed by atoms with Gasteiger partial charge in [-0.1, -0.05) is 23.7 Å². The third kappa shape index (κ3) is 6.72. The van der Waals surface area contributed by atoms with Crippen molar-refractivity contribution in [1.82, 2.24) is 4.31 Å². The highest BCUT2D eigenvalue weighted by atomic mass is 35.5. The molecule has 0 amide bonds. The summed E-state index contributed by atoms with van der Waals surface area (Å²) in [5.41, 5.74) is 1.09. The van der Waals surface area contributed by atoms with Crippen LogP contribution in [0.5, 0.6) is 0 Å². The standard InChI is InChI=1S/C18H22ClNO4S2/c1-24-18(21)12-16-8-9-17(25-16)13-20(26(2,22)23)10-4-6-14-5-3-7-15(19)11-14/h3,5,7-9,11H,4,6,10,12-13H2,1-2H3. The van der Waals surface area contributed by atoms with Crippen molar-refractivity contribution in [2.24, 2.45) is 0 Å². The Morgan fingerprint density at radius 3 is 2.62 bits per heavy atom. The van der Waals surface area contributed by atoms with Gasteiger partial charge >= 0.3 is 5.97 Å². The minimum Gasteiger partial charge on any atom is -0.469 e. The number of nitrogens with zero attached hydrogens (tertiary/aromatic N) is 1. The number of benzene rings is 1. The Kier molecular flexibility index (Phi) is 7.64. The zero-order valence-corrected chi connectivity index (χ0v) is 17.2. The zero-order chi connectivity index (χ0) is 19.2. The van der Waals surface area contributed by atoms with Crippen LogP contribution in [-0.4, -0.2) is 38.6 Å². The maximum absolute atomic E-state index is 12.1. The SMILES string of the molecule is COC(=O)Cc1ccc(CN(CCCc2cccc(Cl)c2)S(C)(=O)=O)s1. The lowest BCUT2D eigenvalue weighted by Gasteiger charge is -2.19. The molecule has 0 radical (unpaired) electrons. The molecule has 26 heavy (non-hydrogen) atoms. The van der Waals surface area contributed by atoms with Crippen molar-refractivity contribution in [3.05, 3.63) is 56.7 Å². The van der Waals surface area contributed by atoms with E-state index in [0.717, 1.165) is 21.7 Å². The van der Waals surface area contributed by atoms with Gasteiger partial charge in [-0.2, -0.15) is 4.31 Å². The molecule has 1 heterocycles. The quantitative estimate of drug-likeness (QED) is 0.588. The van der Waals surface area contributed by atoms with Crippen LogP contribution in [0.3, 0.4) is 0 Å². The number of carbonyl (C=O) groups is 1. The van der Waals surface area contributed by atoms with Gasteiger partial charge in [0.1, 0.15) is 0 Å². The average Bonchev–Trinajstić information content (AvgIpc) is 3.00. The molecule has 0 atom stereocenters. The second-order valence-electron chi connectivity index (χ2n) is 5.95. The summed E-state index contributed by atoms with van der Waals surface area (Å²) in [6.45, 7) is 0.732. The molecule has 1 aromatic heterocycles. The lowest BCUT2D eigenvalue weighted by atomic mass is 10.1. The number of ether oxygens (including phenoxy) is 1. The molecule has 0 aliphatic rings. The molecule has 0 saturated heterocycles. The third-order valence-electron chi connectivity index (χ3n) is 3.83. The summed E-state index contributed by atoms with van der Waals surface area (Å²) >= 11 is 7.41. The van der Waals surface area contributed by atoms with E-state index in [-0.39, 0.29) is 12.4 Å². The van der Waals surface area contributed by atoms with Crippen LogP contribution in [0.4, 0.5) is 0 Å². The minimum atomic E-state index is -3.32. The van der Waals surface area contributed by atoms with E-state index in [0.29, 0.717) is 24.5 Å². The van der Waals surface area contributed by atoms with Gasteiger partial charge < -0.3 is 4.74 Å². The fourth-order valence-corrected chi connectivity index (χ4v) is 4.65. The number of carbonyl (C=O) groups excluding carboxylic acids is 1. The van der Waals surface area contributed by atoms with Gasteiger partial charge in [-0.25, -0.2) is 8.42 Å². The molecule has 5 nitrogen and oxygen atoms in total. The van der Waals surface area contributed by atoms with E-state index in [1.807, 2.05) is 36.4 Å². The van der Waals surface area contributed by atoms with Crippen LogP contribution in [0.25, 0.3) is 0 Å². The van der Waals surface area contributed by atoms with Gasteiger partial charge in [0.2, 0.25) is 10.0 Å². The third-order valence-corrected chi connectivity index (χ3v) is 6.38. The van der Waals surface area contributed by atoms with Gasteiger partial charge in [0.05, 0.1) is 19.8 Å². The number of esters is 1. The average molecular weight is 416 g/mol. The highest BCUT2D eigenvalue weighted by Gasteiger charge is 2.18. The molecule has 0 aliphatic heterocycles. The number of hydrogen-bond donors (Lipinski definition) is 0. The topological polar surface area (TPSA) is 63.7 Å². The summed E-state index contributed by atoms with van der Waals surface area (Å²) in [7, 11) is -1.97. The molecular weight excluding hydrogens is 394 g/mol. The first-order valence-corrected chi connectivity index (χ1v) is 11.2. The Morgan fingerprint density at radius 2 is 1.96 bits per heavy atom. The van der Waals surface area contributed by atoms with E-state index in [1.165, 1.54) is 29.0 Å². The number of sulfonamides is 1. The molecule has 2 rings (SSSR count). The molecular formula is C18H22ClNO4S2. The summed E-state index contributed by atoms with van der Waals surface area (Å²) < 4.78 is 30.3. The largest absolute Gasteiger partial charge is 0.469 e. The Labute approximate surface area is 163 Å². The Hall–Kier alpha value is -1.41. The molecule has 0 bridgehead atoms. The molecule has 0 fully saturated rings. The fourth-order valence-electron chi connectivity index (χ4n) is 2.50. The van der Waals surface area contributed by atoms with E-state index in [9.17, 15) is 13.2 Å². The van der Waals surface area contributed by atoms with Crippen molar-refractivity contribution in [3.63, 3.8) is 0 Å². The lowest BCUT2D eigenvalue weighted by molar-refractivity contribution is -0.139. The van der Waals surface area contributed by atoms with Crippen molar-refractivity contribution in [2.45, 2.75) is 25.8 Å². The second-order valence-corrected chi connectivity index (χ2v) is 9.62. The van der Waals surface area contributed by atoms with Gasteiger partial charge in [0.15, 0.2) is 0 Å². The van der Waals surface area contributed by atoms with Gasteiger partial charge in [0.25, 0.3) is 0 Å².